The van der Waals surface area contributed by atoms with Crippen molar-refractivity contribution in [2.75, 3.05) is 31.2 Å². The Hall–Kier alpha value is -1.89. The summed E-state index contributed by atoms with van der Waals surface area (Å²) in [6.07, 6.45) is 1.66. The van der Waals surface area contributed by atoms with Gasteiger partial charge in [0.05, 0.1) is 24.4 Å². The maximum absolute atomic E-state index is 11.9. The first kappa shape index (κ1) is 16.0. The molecule has 0 radical (unpaired) electrons. The van der Waals surface area contributed by atoms with E-state index in [4.69, 9.17) is 16.3 Å². The number of hydrogen-bond donors (Lipinski definition) is 1. The average molecular weight is 350 g/mol. The van der Waals surface area contributed by atoms with E-state index in [0.717, 1.165) is 31.2 Å². The van der Waals surface area contributed by atoms with Gasteiger partial charge < -0.3 is 9.64 Å². The first-order valence-electron chi connectivity index (χ1n) is 7.24. The van der Waals surface area contributed by atoms with Gasteiger partial charge in [-0.05, 0) is 36.4 Å². The summed E-state index contributed by atoms with van der Waals surface area (Å²) in [5.74, 6) is -0.261. The van der Waals surface area contributed by atoms with Crippen molar-refractivity contribution in [1.82, 2.24) is 5.43 Å². The average Bonchev–Trinajstić information content (AvgIpc) is 3.05. The maximum atomic E-state index is 11.9. The van der Waals surface area contributed by atoms with Crippen molar-refractivity contribution < 1.29 is 9.53 Å². The highest BCUT2D eigenvalue weighted by Crippen LogP contribution is 2.25. The summed E-state index contributed by atoms with van der Waals surface area (Å²) in [4.78, 5) is 15.2. The van der Waals surface area contributed by atoms with Gasteiger partial charge in [0.25, 0.3) is 5.91 Å². The molecular formula is C16H16ClN3O2S. The van der Waals surface area contributed by atoms with E-state index >= 15 is 0 Å². The second-order valence-electron chi connectivity index (χ2n) is 4.98. The van der Waals surface area contributed by atoms with Crippen molar-refractivity contribution in [2.24, 2.45) is 5.10 Å². The van der Waals surface area contributed by atoms with E-state index in [0.29, 0.717) is 10.6 Å². The van der Waals surface area contributed by atoms with Gasteiger partial charge in [-0.25, -0.2) is 5.43 Å². The Morgan fingerprint density at radius 3 is 2.70 bits per heavy atom. The molecule has 0 spiro atoms. The lowest BCUT2D eigenvalue weighted by Gasteiger charge is -2.27. The third kappa shape index (κ3) is 4.31. The number of rotatable bonds is 4. The Balaban J connectivity index is 1.56. The fourth-order valence-corrected chi connectivity index (χ4v) is 3.24. The smallest absolute Gasteiger partial charge is 0.271 e. The highest BCUT2D eigenvalue weighted by Gasteiger charge is 2.12. The molecule has 0 saturated carbocycles. The normalized spacial score (nSPS) is 15.1. The van der Waals surface area contributed by atoms with Crippen LogP contribution >= 0.6 is 22.9 Å². The molecular weight excluding hydrogens is 334 g/mol. The van der Waals surface area contributed by atoms with Crippen LogP contribution in [0.15, 0.2) is 41.5 Å². The summed E-state index contributed by atoms with van der Waals surface area (Å²) in [6.45, 7) is 3.34. The standard InChI is InChI=1S/C16H16ClN3O2S/c17-13-3-1-12(2-4-13)16(21)19-18-11-14-5-6-15(23-14)20-7-9-22-10-8-20/h1-6,11H,7-10H2,(H,19,21)/b18-11+. The molecule has 5 nitrogen and oxygen atoms in total. The number of carbonyl (C=O) groups excluding carboxylic acids is 1. The van der Waals surface area contributed by atoms with Gasteiger partial charge in [0.15, 0.2) is 0 Å². The summed E-state index contributed by atoms with van der Waals surface area (Å²) in [5, 5.41) is 5.80. The summed E-state index contributed by atoms with van der Waals surface area (Å²) in [7, 11) is 0. The molecule has 1 saturated heterocycles. The molecule has 1 aromatic heterocycles. The topological polar surface area (TPSA) is 53.9 Å². The van der Waals surface area contributed by atoms with Gasteiger partial charge in [-0.1, -0.05) is 11.6 Å². The Bertz CT molecular complexity index is 694. The summed E-state index contributed by atoms with van der Waals surface area (Å²) < 4.78 is 5.35. The molecule has 1 aliphatic rings. The van der Waals surface area contributed by atoms with Gasteiger partial charge in [0, 0.05) is 28.6 Å². The van der Waals surface area contributed by atoms with Crippen LogP contribution < -0.4 is 10.3 Å². The molecule has 7 heteroatoms. The highest BCUT2D eigenvalue weighted by atomic mass is 35.5. The number of thiophene rings is 1. The number of anilines is 1. The lowest BCUT2D eigenvalue weighted by Crippen LogP contribution is -2.35. The Morgan fingerprint density at radius 1 is 1.22 bits per heavy atom. The third-order valence-electron chi connectivity index (χ3n) is 3.40. The largest absolute Gasteiger partial charge is 0.378 e. The van der Waals surface area contributed by atoms with Crippen molar-refractivity contribution in [3.63, 3.8) is 0 Å². The minimum atomic E-state index is -0.261. The second kappa shape index (κ2) is 7.59. The molecule has 23 heavy (non-hydrogen) atoms. The molecule has 120 valence electrons. The zero-order valence-electron chi connectivity index (χ0n) is 12.4. The Kier molecular flexibility index (Phi) is 5.27. The van der Waals surface area contributed by atoms with Gasteiger partial charge in [-0.2, -0.15) is 5.10 Å². The zero-order chi connectivity index (χ0) is 16.1. The predicted molar refractivity (Wildman–Crippen MR) is 93.9 cm³/mol. The van der Waals surface area contributed by atoms with Crippen LogP contribution in [0.2, 0.25) is 5.02 Å². The first-order chi connectivity index (χ1) is 11.2. The van der Waals surface area contributed by atoms with Crippen molar-refractivity contribution in [3.8, 4) is 0 Å². The lowest BCUT2D eigenvalue weighted by molar-refractivity contribution is 0.0955. The van der Waals surface area contributed by atoms with Crippen LogP contribution in [0.5, 0.6) is 0 Å². The number of halogens is 1. The fourth-order valence-electron chi connectivity index (χ4n) is 2.19. The molecule has 0 unspecified atom stereocenters. The zero-order valence-corrected chi connectivity index (χ0v) is 13.9. The monoisotopic (exact) mass is 349 g/mol. The van der Waals surface area contributed by atoms with E-state index in [1.165, 1.54) is 5.00 Å². The Labute approximate surface area is 143 Å². The number of benzene rings is 1. The minimum absolute atomic E-state index is 0.261. The molecule has 0 aliphatic carbocycles. The van der Waals surface area contributed by atoms with Crippen molar-refractivity contribution in [2.45, 2.75) is 0 Å². The molecule has 3 rings (SSSR count). The van der Waals surface area contributed by atoms with Gasteiger partial charge in [-0.15, -0.1) is 11.3 Å². The maximum Gasteiger partial charge on any atom is 0.271 e. The SMILES string of the molecule is O=C(N/N=C/c1ccc(N2CCOCC2)s1)c1ccc(Cl)cc1. The van der Waals surface area contributed by atoms with E-state index in [1.54, 1.807) is 41.8 Å². The van der Waals surface area contributed by atoms with E-state index in [1.807, 2.05) is 6.07 Å². The minimum Gasteiger partial charge on any atom is -0.378 e. The lowest BCUT2D eigenvalue weighted by atomic mass is 10.2. The second-order valence-corrected chi connectivity index (χ2v) is 6.51. The summed E-state index contributed by atoms with van der Waals surface area (Å²) >= 11 is 7.44. The number of nitrogens with zero attached hydrogens (tertiary/aromatic N) is 2. The first-order valence-corrected chi connectivity index (χ1v) is 8.43. The number of carbonyl (C=O) groups is 1. The van der Waals surface area contributed by atoms with E-state index in [9.17, 15) is 4.79 Å². The Morgan fingerprint density at radius 2 is 1.96 bits per heavy atom. The third-order valence-corrected chi connectivity index (χ3v) is 4.73. The van der Waals surface area contributed by atoms with E-state index < -0.39 is 0 Å². The number of morpholine rings is 1. The molecule has 1 amide bonds. The number of ether oxygens (including phenoxy) is 1. The predicted octanol–water partition coefficient (Wildman–Crippen LogP) is 3.00. The molecule has 1 aromatic carbocycles. The van der Waals surface area contributed by atoms with Crippen molar-refractivity contribution in [3.05, 3.63) is 51.9 Å². The van der Waals surface area contributed by atoms with Gasteiger partial charge in [-0.3, -0.25) is 4.79 Å². The molecule has 1 fully saturated rings. The van der Waals surface area contributed by atoms with Crippen LogP contribution in [0.1, 0.15) is 15.2 Å². The highest BCUT2D eigenvalue weighted by molar-refractivity contribution is 7.17. The number of nitrogens with one attached hydrogen (secondary N) is 1. The van der Waals surface area contributed by atoms with Crippen LogP contribution in [0.4, 0.5) is 5.00 Å². The van der Waals surface area contributed by atoms with E-state index in [2.05, 4.69) is 21.5 Å². The quantitative estimate of drug-likeness (QED) is 0.682. The van der Waals surface area contributed by atoms with Crippen LogP contribution in [-0.2, 0) is 4.74 Å². The molecule has 0 bridgehead atoms. The van der Waals surface area contributed by atoms with Crippen molar-refractivity contribution >= 4 is 40.1 Å². The van der Waals surface area contributed by atoms with Crippen LogP contribution in [-0.4, -0.2) is 38.4 Å². The summed E-state index contributed by atoms with van der Waals surface area (Å²) in [5.41, 5.74) is 3.04. The molecule has 2 aromatic rings. The van der Waals surface area contributed by atoms with Crippen LogP contribution in [0.3, 0.4) is 0 Å². The molecule has 2 heterocycles. The number of hydrogen-bond acceptors (Lipinski definition) is 5. The van der Waals surface area contributed by atoms with Crippen LogP contribution in [0.25, 0.3) is 0 Å². The van der Waals surface area contributed by atoms with Gasteiger partial charge in [0.2, 0.25) is 0 Å². The van der Waals surface area contributed by atoms with Crippen LogP contribution in [0, 0.1) is 0 Å². The molecule has 1 N–H and O–H groups in total. The number of amides is 1. The van der Waals surface area contributed by atoms with Gasteiger partial charge >= 0.3 is 0 Å². The van der Waals surface area contributed by atoms with Crippen molar-refractivity contribution in [1.29, 1.82) is 0 Å². The van der Waals surface area contributed by atoms with E-state index in [-0.39, 0.29) is 5.91 Å². The van der Waals surface area contributed by atoms with Gasteiger partial charge in [0.1, 0.15) is 0 Å². The molecule has 1 aliphatic heterocycles. The molecule has 0 atom stereocenters. The number of hydrazone groups is 1. The summed E-state index contributed by atoms with van der Waals surface area (Å²) in [6, 6.07) is 10.7. The fraction of sp³-hybridized carbons (Fsp3) is 0.250.